The van der Waals surface area contributed by atoms with Gasteiger partial charge in [-0.2, -0.15) is 4.31 Å². The number of carbonyl (C=O) groups excluding carboxylic acids is 1. The minimum Gasteiger partial charge on any atom is -0.468 e. The quantitative estimate of drug-likeness (QED) is 0.421. The van der Waals surface area contributed by atoms with Gasteiger partial charge in [0.1, 0.15) is 23.7 Å². The maximum atomic E-state index is 15.6. The highest BCUT2D eigenvalue weighted by atomic mass is 32.2. The zero-order chi connectivity index (χ0) is 26.9. The Morgan fingerprint density at radius 2 is 1.74 bits per heavy atom. The minimum atomic E-state index is -3.69. The minimum absolute atomic E-state index is 0.0557. The number of sulfonamides is 1. The van der Waals surface area contributed by atoms with Crippen molar-refractivity contribution in [1.29, 1.82) is 0 Å². The van der Waals surface area contributed by atoms with E-state index in [-0.39, 0.29) is 30.2 Å². The molecule has 2 aliphatic rings. The fraction of sp³-hybridized carbons (Fsp3) is 0.464. The van der Waals surface area contributed by atoms with Crippen molar-refractivity contribution in [2.24, 2.45) is 0 Å². The number of aromatic nitrogens is 3. The Labute approximate surface area is 222 Å². The van der Waals surface area contributed by atoms with Crippen molar-refractivity contribution < 1.29 is 22.3 Å². The van der Waals surface area contributed by atoms with Gasteiger partial charge in [0.25, 0.3) is 0 Å². The second kappa shape index (κ2) is 10.6. The lowest BCUT2D eigenvalue weighted by atomic mass is 9.68. The molecule has 1 aliphatic heterocycles. The molecule has 2 fully saturated rings. The van der Waals surface area contributed by atoms with E-state index in [1.165, 1.54) is 17.5 Å². The molecule has 2 atom stereocenters. The van der Waals surface area contributed by atoms with Gasteiger partial charge in [-0.1, -0.05) is 42.5 Å². The molecule has 1 aliphatic carbocycles. The predicted octanol–water partition coefficient (Wildman–Crippen LogP) is 4.70. The zero-order valence-corrected chi connectivity index (χ0v) is 22.5. The van der Waals surface area contributed by atoms with Crippen molar-refractivity contribution in [2.45, 2.75) is 74.7 Å². The molecule has 2 aromatic carbocycles. The van der Waals surface area contributed by atoms with E-state index in [0.29, 0.717) is 44.1 Å². The molecule has 0 radical (unpaired) electrons. The molecular formula is C28H33FN4O4S. The molecule has 38 heavy (non-hydrogen) atoms. The van der Waals surface area contributed by atoms with Crippen LogP contribution in [-0.4, -0.2) is 46.6 Å². The molecule has 2 unspecified atom stereocenters. The topological polar surface area (TPSA) is 94.4 Å². The number of hydrogen-bond donors (Lipinski definition) is 0. The number of esters is 1. The third kappa shape index (κ3) is 4.75. The summed E-state index contributed by atoms with van der Waals surface area (Å²) >= 11 is 0. The monoisotopic (exact) mass is 540 g/mol. The van der Waals surface area contributed by atoms with Crippen LogP contribution in [0.5, 0.6) is 0 Å². The summed E-state index contributed by atoms with van der Waals surface area (Å²) in [6.07, 6.45) is 6.95. The van der Waals surface area contributed by atoms with Crippen LogP contribution in [0.1, 0.15) is 73.4 Å². The van der Waals surface area contributed by atoms with Crippen molar-refractivity contribution in [3.63, 3.8) is 0 Å². The van der Waals surface area contributed by atoms with Gasteiger partial charge in [0.05, 0.1) is 12.5 Å². The van der Waals surface area contributed by atoms with Crippen LogP contribution in [0.15, 0.2) is 61.2 Å². The first-order chi connectivity index (χ1) is 18.3. The summed E-state index contributed by atoms with van der Waals surface area (Å²) in [6, 6.07) is 13.9. The van der Waals surface area contributed by atoms with Gasteiger partial charge in [0.2, 0.25) is 10.0 Å². The average Bonchev–Trinajstić information content (AvgIpc) is 3.47. The second-order valence-electron chi connectivity index (χ2n) is 10.4. The largest absolute Gasteiger partial charge is 0.468 e. The molecule has 0 N–H and O–H groups in total. The molecule has 0 amide bonds. The second-order valence-corrected chi connectivity index (χ2v) is 12.5. The Bertz CT molecular complexity index is 1370. The molecule has 8 nitrogen and oxygen atoms in total. The normalized spacial score (nSPS) is 27.6. The van der Waals surface area contributed by atoms with Crippen LogP contribution in [0.4, 0.5) is 4.39 Å². The molecule has 0 bridgehead atoms. The van der Waals surface area contributed by atoms with E-state index >= 15 is 4.39 Å². The number of ether oxygens (including phenoxy) is 1. The fourth-order valence-corrected chi connectivity index (χ4v) is 8.28. The summed E-state index contributed by atoms with van der Waals surface area (Å²) in [5.41, 5.74) is 0.643. The maximum absolute atomic E-state index is 15.6. The molecule has 2 heterocycles. The molecule has 10 heteroatoms. The third-order valence-corrected chi connectivity index (χ3v) is 10.7. The first kappa shape index (κ1) is 26.5. The number of rotatable bonds is 6. The van der Waals surface area contributed by atoms with Crippen molar-refractivity contribution in [3.8, 4) is 0 Å². The summed E-state index contributed by atoms with van der Waals surface area (Å²) < 4.78 is 51.3. The summed E-state index contributed by atoms with van der Waals surface area (Å²) in [5, 5.41) is 7.10. The highest BCUT2D eigenvalue weighted by molar-refractivity contribution is 7.89. The van der Waals surface area contributed by atoms with E-state index in [1.54, 1.807) is 24.8 Å². The lowest BCUT2D eigenvalue weighted by Gasteiger charge is -2.39. The van der Waals surface area contributed by atoms with Crippen LogP contribution in [0.3, 0.4) is 0 Å². The van der Waals surface area contributed by atoms with Crippen molar-refractivity contribution in [3.05, 3.63) is 83.7 Å². The maximum Gasteiger partial charge on any atom is 0.316 e. The van der Waals surface area contributed by atoms with Crippen LogP contribution in [0.25, 0.3) is 0 Å². The molecule has 1 saturated heterocycles. The van der Waals surface area contributed by atoms with Gasteiger partial charge in [-0.15, -0.1) is 10.2 Å². The summed E-state index contributed by atoms with van der Waals surface area (Å²) in [5.74, 6) is -0.902. The van der Waals surface area contributed by atoms with Gasteiger partial charge < -0.3 is 9.30 Å². The summed E-state index contributed by atoms with van der Waals surface area (Å²) in [6.45, 7) is 1.81. The number of hydrogen-bond acceptors (Lipinski definition) is 6. The first-order valence-electron chi connectivity index (χ1n) is 13.0. The van der Waals surface area contributed by atoms with E-state index in [2.05, 4.69) is 10.2 Å². The number of methoxy groups -OCH3 is 1. The predicted molar refractivity (Wildman–Crippen MR) is 140 cm³/mol. The van der Waals surface area contributed by atoms with Crippen LogP contribution in [0.2, 0.25) is 0 Å². The first-order valence-corrected chi connectivity index (χ1v) is 14.5. The van der Waals surface area contributed by atoms with Gasteiger partial charge >= 0.3 is 5.97 Å². The molecule has 202 valence electrons. The number of carbonyl (C=O) groups is 1. The van der Waals surface area contributed by atoms with E-state index in [4.69, 9.17) is 4.74 Å². The highest BCUT2D eigenvalue weighted by Gasteiger charge is 2.45. The lowest BCUT2D eigenvalue weighted by molar-refractivity contribution is -0.149. The standard InChI is InChI=1S/C28H33FN4O4S/c1-20-8-11-26(21-6-4-3-5-7-21)38(35,36)33(20)17-22-9-10-23(16-25(22)29)28(27(34)37-2)14-12-24(13-15-28)32-18-30-31-19-32/h3-7,9-10,16,18-20,24,26H,8,11-15,17H2,1-2H3. The number of halogens is 1. The Kier molecular flexibility index (Phi) is 7.37. The van der Waals surface area contributed by atoms with Crippen LogP contribution in [0, 0.1) is 5.82 Å². The average molecular weight is 541 g/mol. The molecule has 0 spiro atoms. The lowest BCUT2D eigenvalue weighted by Crippen LogP contribution is -2.45. The SMILES string of the molecule is COC(=O)C1(c2ccc(CN3C(C)CCC(c4ccccc4)S3(=O)=O)c(F)c2)CCC(n2cnnc2)CC1. The van der Waals surface area contributed by atoms with Crippen molar-refractivity contribution >= 4 is 16.0 Å². The summed E-state index contributed by atoms with van der Waals surface area (Å²) in [7, 11) is -2.34. The smallest absolute Gasteiger partial charge is 0.316 e. The Morgan fingerprint density at radius 3 is 2.37 bits per heavy atom. The van der Waals surface area contributed by atoms with Crippen molar-refractivity contribution in [2.75, 3.05) is 7.11 Å². The Morgan fingerprint density at radius 1 is 1.05 bits per heavy atom. The summed E-state index contributed by atoms with van der Waals surface area (Å²) in [4.78, 5) is 13.0. The fourth-order valence-electron chi connectivity index (χ4n) is 6.09. The van der Waals surface area contributed by atoms with Gasteiger partial charge in [-0.05, 0) is 62.6 Å². The Balaban J connectivity index is 1.39. The molecule has 3 aromatic rings. The molecule has 1 aromatic heterocycles. The van der Waals surface area contributed by atoms with E-state index in [9.17, 15) is 13.2 Å². The van der Waals surface area contributed by atoms with E-state index in [1.807, 2.05) is 41.8 Å². The van der Waals surface area contributed by atoms with E-state index < -0.39 is 26.5 Å². The zero-order valence-electron chi connectivity index (χ0n) is 21.7. The van der Waals surface area contributed by atoms with Gasteiger partial charge in [-0.3, -0.25) is 4.79 Å². The molecular weight excluding hydrogens is 507 g/mol. The molecule has 5 rings (SSSR count). The van der Waals surface area contributed by atoms with Gasteiger partial charge in [-0.25, -0.2) is 12.8 Å². The number of benzene rings is 2. The number of nitrogens with zero attached hydrogens (tertiary/aromatic N) is 4. The third-order valence-electron chi connectivity index (χ3n) is 8.37. The van der Waals surface area contributed by atoms with Gasteiger partial charge in [0.15, 0.2) is 0 Å². The van der Waals surface area contributed by atoms with Crippen LogP contribution < -0.4 is 0 Å². The van der Waals surface area contributed by atoms with Gasteiger partial charge in [0, 0.05) is 24.2 Å². The van der Waals surface area contributed by atoms with Crippen LogP contribution in [-0.2, 0) is 31.5 Å². The van der Waals surface area contributed by atoms with Crippen molar-refractivity contribution in [1.82, 2.24) is 19.1 Å². The van der Waals surface area contributed by atoms with Crippen LogP contribution >= 0.6 is 0 Å². The Hall–Kier alpha value is -3.11. The molecule has 1 saturated carbocycles. The van der Waals surface area contributed by atoms with E-state index in [0.717, 1.165) is 5.56 Å². The highest BCUT2D eigenvalue weighted by Crippen LogP contribution is 2.45.